The third-order valence-corrected chi connectivity index (χ3v) is 5.51. The minimum absolute atomic E-state index is 0.185. The van der Waals surface area contributed by atoms with Crippen molar-refractivity contribution in [1.29, 1.82) is 0 Å². The van der Waals surface area contributed by atoms with Crippen molar-refractivity contribution in [2.24, 2.45) is 0 Å². The maximum Gasteiger partial charge on any atom is 0.125 e. The van der Waals surface area contributed by atoms with E-state index in [1.165, 1.54) is 22.4 Å². The average Bonchev–Trinajstić information content (AvgIpc) is 2.89. The molecule has 0 bridgehead atoms. The molecule has 0 saturated carbocycles. The monoisotopic (exact) mass is 321 g/mol. The largest absolute Gasteiger partial charge is 0.358 e. The maximum absolute atomic E-state index is 13.4. The molecule has 0 N–H and O–H groups in total. The second kappa shape index (κ2) is 5.74. The Hall–Kier alpha value is -2.26. The third-order valence-electron chi connectivity index (χ3n) is 4.19. The highest BCUT2D eigenvalue weighted by molar-refractivity contribution is 8.00. The molecule has 1 nitrogen and oxygen atoms in total. The number of rotatable bonds is 2. The molecule has 0 spiro atoms. The zero-order valence-electron chi connectivity index (χ0n) is 12.7. The minimum Gasteiger partial charge on any atom is -0.358 e. The summed E-state index contributed by atoms with van der Waals surface area (Å²) < 4.78 is 13.4. The Morgan fingerprint density at radius 3 is 2.78 bits per heavy atom. The van der Waals surface area contributed by atoms with Crippen LogP contribution in [0.2, 0.25) is 0 Å². The lowest BCUT2D eigenvalue weighted by molar-refractivity contribution is 0.626. The Balaban J connectivity index is 1.65. The molecule has 3 aromatic carbocycles. The quantitative estimate of drug-likeness (QED) is 0.608. The molecule has 114 valence electrons. The highest BCUT2D eigenvalue weighted by Crippen LogP contribution is 2.43. The topological polar surface area (TPSA) is 3.24 Å². The predicted molar refractivity (Wildman–Crippen MR) is 97.4 cm³/mol. The Kier molecular flexibility index (Phi) is 3.58. The number of fused-ring (bicyclic) bond motifs is 2. The second-order valence-electron chi connectivity index (χ2n) is 5.66. The fourth-order valence-corrected chi connectivity index (χ4v) is 4.12. The highest BCUT2D eigenvalue weighted by Gasteiger charge is 2.25. The zero-order chi connectivity index (χ0) is 15.8. The van der Waals surface area contributed by atoms with Crippen molar-refractivity contribution < 1.29 is 4.39 Å². The molecule has 3 heteroatoms. The molecule has 0 amide bonds. The van der Waals surface area contributed by atoms with Crippen LogP contribution in [0, 0.1) is 5.82 Å². The van der Waals surface area contributed by atoms with Gasteiger partial charge in [0, 0.05) is 11.9 Å². The van der Waals surface area contributed by atoms with Gasteiger partial charge in [-0.15, -0.1) is 0 Å². The summed E-state index contributed by atoms with van der Waals surface area (Å²) in [5, 5.41) is 2.68. The van der Waals surface area contributed by atoms with Gasteiger partial charge in [-0.25, -0.2) is 4.39 Å². The lowest BCUT2D eigenvalue weighted by Gasteiger charge is -2.18. The van der Waals surface area contributed by atoms with E-state index in [0.717, 1.165) is 10.6 Å². The van der Waals surface area contributed by atoms with Gasteiger partial charge in [0.25, 0.3) is 0 Å². The molecule has 1 aliphatic heterocycles. The van der Waals surface area contributed by atoms with Crippen molar-refractivity contribution >= 4 is 34.3 Å². The normalized spacial score (nSPS) is 17.1. The van der Waals surface area contributed by atoms with Gasteiger partial charge in [-0.3, -0.25) is 0 Å². The number of nitrogens with zero attached hydrogens (tertiary/aromatic N) is 1. The van der Waals surface area contributed by atoms with Crippen LogP contribution in [0.5, 0.6) is 0 Å². The molecule has 1 unspecified atom stereocenters. The number of likely N-dealkylation sites (N-methyl/N-ethyl adjacent to an activating group) is 1. The Bertz CT molecular complexity index is 898. The number of anilines is 1. The highest BCUT2D eigenvalue weighted by atomic mass is 32.2. The van der Waals surface area contributed by atoms with Crippen LogP contribution in [0.4, 0.5) is 10.1 Å². The van der Waals surface area contributed by atoms with Crippen LogP contribution in [0.1, 0.15) is 5.56 Å². The van der Waals surface area contributed by atoms with E-state index in [1.54, 1.807) is 17.8 Å². The van der Waals surface area contributed by atoms with E-state index in [1.807, 2.05) is 13.1 Å². The van der Waals surface area contributed by atoms with E-state index >= 15 is 0 Å². The third kappa shape index (κ3) is 2.62. The van der Waals surface area contributed by atoms with Crippen LogP contribution < -0.4 is 4.90 Å². The van der Waals surface area contributed by atoms with E-state index in [0.29, 0.717) is 0 Å². The summed E-state index contributed by atoms with van der Waals surface area (Å²) in [6, 6.07) is 19.7. The summed E-state index contributed by atoms with van der Waals surface area (Å²) in [6.45, 7) is 0. The van der Waals surface area contributed by atoms with Gasteiger partial charge in [0.05, 0.1) is 11.1 Å². The van der Waals surface area contributed by atoms with Gasteiger partial charge in [-0.05, 0) is 34.5 Å². The molecular weight excluding hydrogens is 305 g/mol. The van der Waals surface area contributed by atoms with Crippen molar-refractivity contribution in [3.05, 3.63) is 78.1 Å². The van der Waals surface area contributed by atoms with Crippen molar-refractivity contribution in [2.75, 3.05) is 11.9 Å². The molecule has 0 fully saturated rings. The molecule has 0 aliphatic carbocycles. The van der Waals surface area contributed by atoms with Crippen molar-refractivity contribution in [3.63, 3.8) is 0 Å². The summed E-state index contributed by atoms with van der Waals surface area (Å²) in [7, 11) is 2.01. The number of thioether (sulfide) groups is 1. The van der Waals surface area contributed by atoms with Crippen LogP contribution in [-0.2, 0) is 0 Å². The molecule has 1 heterocycles. The summed E-state index contributed by atoms with van der Waals surface area (Å²) in [4.78, 5) is 3.24. The summed E-state index contributed by atoms with van der Waals surface area (Å²) >= 11 is 1.75. The van der Waals surface area contributed by atoms with Crippen LogP contribution in [-0.4, -0.2) is 12.4 Å². The lowest BCUT2D eigenvalue weighted by atomic mass is 10.0. The van der Waals surface area contributed by atoms with Gasteiger partial charge in [-0.2, -0.15) is 0 Å². The van der Waals surface area contributed by atoms with Crippen LogP contribution in [0.25, 0.3) is 16.8 Å². The van der Waals surface area contributed by atoms with E-state index in [-0.39, 0.29) is 11.2 Å². The van der Waals surface area contributed by atoms with E-state index in [4.69, 9.17) is 0 Å². The number of hydrogen-bond acceptors (Lipinski definition) is 2. The Morgan fingerprint density at radius 2 is 1.87 bits per heavy atom. The molecule has 23 heavy (non-hydrogen) atoms. The van der Waals surface area contributed by atoms with Gasteiger partial charge in [0.15, 0.2) is 0 Å². The maximum atomic E-state index is 13.4. The number of hydrogen-bond donors (Lipinski definition) is 0. The minimum atomic E-state index is -0.185. The number of halogens is 1. The van der Waals surface area contributed by atoms with E-state index < -0.39 is 0 Å². The second-order valence-corrected chi connectivity index (χ2v) is 6.82. The van der Waals surface area contributed by atoms with Crippen LogP contribution in [0.15, 0.2) is 71.6 Å². The SMILES string of the molecule is CN1c2cc(F)ccc2SC1C=Cc1cccc2ccccc12. The lowest BCUT2D eigenvalue weighted by Crippen LogP contribution is -2.22. The van der Waals surface area contributed by atoms with Gasteiger partial charge in [0.2, 0.25) is 0 Å². The van der Waals surface area contributed by atoms with Crippen molar-refractivity contribution in [3.8, 4) is 0 Å². The Labute approximate surface area is 139 Å². The first-order valence-electron chi connectivity index (χ1n) is 7.57. The molecule has 1 aliphatic rings. The fraction of sp³-hybridized carbons (Fsp3) is 0.100. The molecule has 0 saturated heterocycles. The molecule has 3 aromatic rings. The van der Waals surface area contributed by atoms with Crippen molar-refractivity contribution in [2.45, 2.75) is 10.3 Å². The van der Waals surface area contributed by atoms with Crippen molar-refractivity contribution in [1.82, 2.24) is 0 Å². The summed E-state index contributed by atoms with van der Waals surface area (Å²) in [6.07, 6.45) is 4.35. The fourth-order valence-electron chi connectivity index (χ4n) is 2.96. The first-order valence-corrected chi connectivity index (χ1v) is 8.45. The molecule has 0 radical (unpaired) electrons. The van der Waals surface area contributed by atoms with Gasteiger partial charge < -0.3 is 4.90 Å². The van der Waals surface area contributed by atoms with Gasteiger partial charge in [0.1, 0.15) is 5.82 Å². The standard InChI is InChI=1S/C20H16FNS/c1-22-18-13-16(21)10-11-19(18)23-20(22)12-9-15-7-4-6-14-5-2-3-8-17(14)15/h2-13,20H,1H3. The van der Waals surface area contributed by atoms with E-state index in [2.05, 4.69) is 59.5 Å². The smallest absolute Gasteiger partial charge is 0.125 e. The Morgan fingerprint density at radius 1 is 1.04 bits per heavy atom. The molecule has 1 atom stereocenters. The van der Waals surface area contributed by atoms with E-state index in [9.17, 15) is 4.39 Å². The van der Waals surface area contributed by atoms with Gasteiger partial charge >= 0.3 is 0 Å². The molecule has 0 aromatic heterocycles. The first kappa shape index (κ1) is 14.3. The zero-order valence-corrected chi connectivity index (χ0v) is 13.6. The number of benzene rings is 3. The van der Waals surface area contributed by atoms with Crippen LogP contribution >= 0.6 is 11.8 Å². The summed E-state index contributed by atoms with van der Waals surface area (Å²) in [5.74, 6) is -0.185. The predicted octanol–water partition coefficient (Wildman–Crippen LogP) is 5.56. The van der Waals surface area contributed by atoms with Crippen LogP contribution in [0.3, 0.4) is 0 Å². The average molecular weight is 321 g/mol. The molecular formula is C20H16FNS. The first-order chi connectivity index (χ1) is 11.2. The van der Waals surface area contributed by atoms with Gasteiger partial charge in [-0.1, -0.05) is 66.4 Å². The molecule has 4 rings (SSSR count). The summed E-state index contributed by atoms with van der Waals surface area (Å²) in [5.41, 5.74) is 2.17.